The van der Waals surface area contributed by atoms with E-state index >= 15 is 0 Å². The molecule has 0 spiro atoms. The zero-order valence-corrected chi connectivity index (χ0v) is 11.3. The first-order chi connectivity index (χ1) is 9.25. The summed E-state index contributed by atoms with van der Waals surface area (Å²) in [5, 5.41) is 7.37. The summed E-state index contributed by atoms with van der Waals surface area (Å²) in [5.74, 6) is 1.98. The zero-order valence-electron chi connectivity index (χ0n) is 11.3. The van der Waals surface area contributed by atoms with Crippen molar-refractivity contribution >= 4 is 5.82 Å². The lowest BCUT2D eigenvalue weighted by molar-refractivity contribution is 0.344. The fourth-order valence-electron chi connectivity index (χ4n) is 3.03. The number of hydrogen-bond acceptors (Lipinski definition) is 3. The summed E-state index contributed by atoms with van der Waals surface area (Å²) in [7, 11) is 0. The first-order valence-corrected chi connectivity index (χ1v) is 7.00. The summed E-state index contributed by atoms with van der Waals surface area (Å²) >= 11 is 0. The van der Waals surface area contributed by atoms with Crippen LogP contribution in [0.25, 0.3) is 11.1 Å². The number of pyridine rings is 1. The summed E-state index contributed by atoms with van der Waals surface area (Å²) in [5.41, 5.74) is 9.34. The molecule has 1 aliphatic carbocycles. The Hall–Kier alpha value is -1.84. The van der Waals surface area contributed by atoms with Gasteiger partial charge in [0.25, 0.3) is 0 Å². The number of aromatic amines is 1. The molecule has 0 saturated heterocycles. The van der Waals surface area contributed by atoms with Crippen molar-refractivity contribution in [2.75, 3.05) is 5.73 Å². The van der Waals surface area contributed by atoms with E-state index in [1.54, 1.807) is 6.20 Å². The van der Waals surface area contributed by atoms with Gasteiger partial charge in [-0.15, -0.1) is 0 Å². The lowest BCUT2D eigenvalue weighted by Gasteiger charge is -2.26. The van der Waals surface area contributed by atoms with E-state index in [0.29, 0.717) is 11.7 Å². The van der Waals surface area contributed by atoms with E-state index in [2.05, 4.69) is 22.1 Å². The van der Waals surface area contributed by atoms with Crippen LogP contribution >= 0.6 is 0 Å². The van der Waals surface area contributed by atoms with E-state index in [-0.39, 0.29) is 0 Å². The van der Waals surface area contributed by atoms with Crippen LogP contribution < -0.4 is 5.73 Å². The molecule has 0 bridgehead atoms. The van der Waals surface area contributed by atoms with Gasteiger partial charge in [-0.3, -0.25) is 10.1 Å². The summed E-state index contributed by atoms with van der Waals surface area (Å²) in [6.45, 7) is 2.33. The fraction of sp³-hybridized carbons (Fsp3) is 0.467. The number of H-pyrrole nitrogens is 1. The largest absolute Gasteiger partial charge is 0.382 e. The molecule has 0 aromatic carbocycles. The normalized spacial score (nSPS) is 23.4. The number of aromatic nitrogens is 3. The number of nitrogen functional groups attached to an aromatic ring is 1. The molecule has 4 heteroatoms. The van der Waals surface area contributed by atoms with Crippen LogP contribution in [0.4, 0.5) is 5.82 Å². The topological polar surface area (TPSA) is 67.6 Å². The van der Waals surface area contributed by atoms with Crippen molar-refractivity contribution in [3.05, 3.63) is 30.2 Å². The number of nitrogens with two attached hydrogens (primary N) is 1. The summed E-state index contributed by atoms with van der Waals surface area (Å²) < 4.78 is 0. The van der Waals surface area contributed by atoms with Crippen LogP contribution in [0.3, 0.4) is 0 Å². The average molecular weight is 256 g/mol. The minimum atomic E-state index is 0.552. The molecule has 4 nitrogen and oxygen atoms in total. The van der Waals surface area contributed by atoms with Gasteiger partial charge in [0.05, 0.1) is 0 Å². The Labute approximate surface area is 113 Å². The monoisotopic (exact) mass is 256 g/mol. The van der Waals surface area contributed by atoms with Gasteiger partial charge in [0, 0.05) is 35.1 Å². The number of rotatable bonds is 2. The van der Waals surface area contributed by atoms with E-state index < -0.39 is 0 Å². The maximum atomic E-state index is 6.04. The third-order valence-corrected chi connectivity index (χ3v) is 4.20. The van der Waals surface area contributed by atoms with Gasteiger partial charge < -0.3 is 5.73 Å². The molecule has 3 rings (SSSR count). The van der Waals surface area contributed by atoms with Crippen molar-refractivity contribution in [1.82, 2.24) is 15.2 Å². The Morgan fingerprint density at radius 3 is 2.74 bits per heavy atom. The maximum absolute atomic E-state index is 6.04. The van der Waals surface area contributed by atoms with Crippen LogP contribution in [0.5, 0.6) is 0 Å². The van der Waals surface area contributed by atoms with Gasteiger partial charge in [0.15, 0.2) is 5.82 Å². The van der Waals surface area contributed by atoms with Gasteiger partial charge in [0.2, 0.25) is 0 Å². The molecular formula is C15H20N4. The predicted molar refractivity (Wildman–Crippen MR) is 76.6 cm³/mol. The standard InChI is InChI=1S/C15H20N4/c1-10-4-6-11(7-5-10)14-13(15(16)19-18-14)12-3-2-8-17-9-12/h2-3,8-11H,4-7H2,1H3,(H3,16,18,19). The Balaban J connectivity index is 1.95. The molecular weight excluding hydrogens is 236 g/mol. The van der Waals surface area contributed by atoms with E-state index in [0.717, 1.165) is 17.0 Å². The molecule has 2 aromatic heterocycles. The third-order valence-electron chi connectivity index (χ3n) is 4.20. The van der Waals surface area contributed by atoms with Gasteiger partial charge in [-0.25, -0.2) is 0 Å². The van der Waals surface area contributed by atoms with Crippen LogP contribution in [0.1, 0.15) is 44.2 Å². The Bertz CT molecular complexity index is 539. The minimum absolute atomic E-state index is 0.552. The van der Waals surface area contributed by atoms with Crippen LogP contribution in [-0.4, -0.2) is 15.2 Å². The van der Waals surface area contributed by atoms with Crippen molar-refractivity contribution in [2.24, 2.45) is 5.92 Å². The van der Waals surface area contributed by atoms with E-state index in [9.17, 15) is 0 Å². The van der Waals surface area contributed by atoms with E-state index in [4.69, 9.17) is 5.73 Å². The van der Waals surface area contributed by atoms with Crippen LogP contribution in [0.15, 0.2) is 24.5 Å². The number of nitrogens with zero attached hydrogens (tertiary/aromatic N) is 2. The van der Waals surface area contributed by atoms with Crippen molar-refractivity contribution in [2.45, 2.75) is 38.5 Å². The van der Waals surface area contributed by atoms with Gasteiger partial charge in [-0.05, 0) is 24.8 Å². The van der Waals surface area contributed by atoms with Gasteiger partial charge in [-0.2, -0.15) is 5.10 Å². The van der Waals surface area contributed by atoms with Crippen LogP contribution in [0, 0.1) is 5.92 Å². The molecule has 0 aliphatic heterocycles. The third kappa shape index (κ3) is 2.35. The lowest BCUT2D eigenvalue weighted by atomic mass is 9.80. The van der Waals surface area contributed by atoms with Crippen LogP contribution in [-0.2, 0) is 0 Å². The summed E-state index contributed by atoms with van der Waals surface area (Å²) in [6.07, 6.45) is 8.65. The molecule has 1 aliphatic rings. The highest BCUT2D eigenvalue weighted by atomic mass is 15.2. The molecule has 0 atom stereocenters. The second-order valence-corrected chi connectivity index (χ2v) is 5.60. The number of hydrogen-bond donors (Lipinski definition) is 2. The lowest BCUT2D eigenvalue weighted by Crippen LogP contribution is -2.12. The SMILES string of the molecule is CC1CCC(c2[nH]nc(N)c2-c2cccnc2)CC1. The summed E-state index contributed by atoms with van der Waals surface area (Å²) in [4.78, 5) is 4.18. The van der Waals surface area contributed by atoms with Crippen molar-refractivity contribution in [3.8, 4) is 11.1 Å². The van der Waals surface area contributed by atoms with Crippen molar-refractivity contribution in [1.29, 1.82) is 0 Å². The average Bonchev–Trinajstić information content (AvgIpc) is 2.82. The Morgan fingerprint density at radius 2 is 2.05 bits per heavy atom. The quantitative estimate of drug-likeness (QED) is 0.865. The maximum Gasteiger partial charge on any atom is 0.153 e. The summed E-state index contributed by atoms with van der Waals surface area (Å²) in [6, 6.07) is 3.98. The highest BCUT2D eigenvalue weighted by molar-refractivity contribution is 5.76. The first kappa shape index (κ1) is 12.2. The minimum Gasteiger partial charge on any atom is -0.382 e. The molecule has 3 N–H and O–H groups in total. The molecule has 19 heavy (non-hydrogen) atoms. The van der Waals surface area contributed by atoms with Crippen LogP contribution in [0.2, 0.25) is 0 Å². The number of nitrogens with one attached hydrogen (secondary N) is 1. The second-order valence-electron chi connectivity index (χ2n) is 5.60. The molecule has 0 unspecified atom stereocenters. The van der Waals surface area contributed by atoms with Gasteiger partial charge >= 0.3 is 0 Å². The highest BCUT2D eigenvalue weighted by Crippen LogP contribution is 2.40. The van der Waals surface area contributed by atoms with E-state index in [1.165, 1.54) is 31.4 Å². The van der Waals surface area contributed by atoms with E-state index in [1.807, 2.05) is 18.3 Å². The molecule has 2 heterocycles. The Morgan fingerprint density at radius 1 is 1.26 bits per heavy atom. The zero-order chi connectivity index (χ0) is 13.2. The van der Waals surface area contributed by atoms with Gasteiger partial charge in [0.1, 0.15) is 0 Å². The van der Waals surface area contributed by atoms with Crippen molar-refractivity contribution < 1.29 is 0 Å². The molecule has 0 radical (unpaired) electrons. The molecule has 2 aromatic rings. The molecule has 1 fully saturated rings. The Kier molecular flexibility index (Phi) is 3.23. The predicted octanol–water partition coefficient (Wildman–Crippen LogP) is 3.35. The second kappa shape index (κ2) is 5.03. The molecule has 1 saturated carbocycles. The van der Waals surface area contributed by atoms with Crippen molar-refractivity contribution in [3.63, 3.8) is 0 Å². The molecule has 100 valence electrons. The number of anilines is 1. The smallest absolute Gasteiger partial charge is 0.153 e. The highest BCUT2D eigenvalue weighted by Gasteiger charge is 2.25. The first-order valence-electron chi connectivity index (χ1n) is 7.00. The fourth-order valence-corrected chi connectivity index (χ4v) is 3.03. The molecule has 0 amide bonds. The van der Waals surface area contributed by atoms with Gasteiger partial charge in [-0.1, -0.05) is 25.8 Å².